The van der Waals surface area contributed by atoms with E-state index in [1.165, 1.54) is 16.4 Å². The minimum Gasteiger partial charge on any atom is -0.458 e. The molecule has 0 fully saturated rings. The van der Waals surface area contributed by atoms with E-state index in [0.717, 1.165) is 5.56 Å². The average molecular weight is 371 g/mol. The second-order valence-electron chi connectivity index (χ2n) is 6.54. The number of nitrogens with zero attached hydrogens (tertiary/aromatic N) is 1. The fraction of sp³-hybridized carbons (Fsp3) is 0.250. The second-order valence-corrected chi connectivity index (χ2v) is 8.36. The molecular weight excluding hydrogens is 350 g/mol. The van der Waals surface area contributed by atoms with E-state index >= 15 is 0 Å². The number of rotatable bonds is 5. The van der Waals surface area contributed by atoms with E-state index < -0.39 is 16.0 Å². The minimum atomic E-state index is -3.78. The zero-order chi connectivity index (χ0) is 18.9. The highest BCUT2D eigenvalue weighted by molar-refractivity contribution is 7.92. The Morgan fingerprint density at radius 3 is 2.69 bits per heavy atom. The van der Waals surface area contributed by atoms with Gasteiger partial charge in [0.25, 0.3) is 10.0 Å². The highest BCUT2D eigenvalue weighted by atomic mass is 32.2. The molecule has 136 valence electrons. The Morgan fingerprint density at radius 1 is 1.23 bits per heavy atom. The Hall–Kier alpha value is -2.60. The van der Waals surface area contributed by atoms with Gasteiger partial charge in [-0.15, -0.1) is 0 Å². The van der Waals surface area contributed by atoms with E-state index in [-0.39, 0.29) is 23.1 Å². The van der Waals surface area contributed by atoms with Gasteiger partial charge in [-0.25, -0.2) is 13.2 Å². The first kappa shape index (κ1) is 18.2. The summed E-state index contributed by atoms with van der Waals surface area (Å²) in [5.41, 5.74) is 2.60. The molecule has 3 rings (SSSR count). The van der Waals surface area contributed by atoms with Crippen LogP contribution in [-0.2, 0) is 21.2 Å². The van der Waals surface area contributed by atoms with Crippen LogP contribution >= 0.6 is 0 Å². The van der Waals surface area contributed by atoms with Crippen LogP contribution in [0.1, 0.15) is 29.8 Å². The van der Waals surface area contributed by atoms with Crippen LogP contribution in [-0.4, -0.2) is 27.0 Å². The molecule has 1 aliphatic rings. The van der Waals surface area contributed by atoms with Crippen molar-refractivity contribution >= 4 is 21.7 Å². The number of esters is 1. The molecule has 0 saturated heterocycles. The van der Waals surface area contributed by atoms with Gasteiger partial charge in [0, 0.05) is 6.04 Å². The molecule has 2 aromatic rings. The molecular formula is C20H21NO4S. The number of fused-ring (bicyclic) bond motifs is 1. The minimum absolute atomic E-state index is 0.0748. The topological polar surface area (TPSA) is 63.7 Å². The largest absolute Gasteiger partial charge is 0.458 e. The van der Waals surface area contributed by atoms with Gasteiger partial charge in [-0.05, 0) is 55.7 Å². The maximum Gasteiger partial charge on any atom is 0.338 e. The molecule has 5 nitrogen and oxygen atoms in total. The molecule has 0 spiro atoms. The number of para-hydroxylation sites is 1. The van der Waals surface area contributed by atoms with Gasteiger partial charge in [-0.3, -0.25) is 4.31 Å². The van der Waals surface area contributed by atoms with E-state index in [2.05, 4.69) is 6.58 Å². The van der Waals surface area contributed by atoms with Crippen LogP contribution in [0.3, 0.4) is 0 Å². The van der Waals surface area contributed by atoms with Crippen LogP contribution in [0.15, 0.2) is 65.6 Å². The number of anilines is 1. The number of hydrogen-bond acceptors (Lipinski definition) is 4. The predicted octanol–water partition coefficient (Wildman–Crippen LogP) is 3.56. The van der Waals surface area contributed by atoms with Crippen molar-refractivity contribution in [2.75, 3.05) is 10.9 Å². The Kier molecular flexibility index (Phi) is 4.87. The summed E-state index contributed by atoms with van der Waals surface area (Å²) in [6.07, 6.45) is 0.662. The molecule has 1 heterocycles. The third-order valence-electron chi connectivity index (χ3n) is 4.22. The lowest BCUT2D eigenvalue weighted by molar-refractivity contribution is 0.0540. The second kappa shape index (κ2) is 6.96. The van der Waals surface area contributed by atoms with Gasteiger partial charge >= 0.3 is 5.97 Å². The van der Waals surface area contributed by atoms with Crippen molar-refractivity contribution in [3.8, 4) is 0 Å². The molecule has 0 saturated carbocycles. The summed E-state index contributed by atoms with van der Waals surface area (Å²) in [5, 5.41) is 0. The molecule has 0 aromatic heterocycles. The third-order valence-corrected chi connectivity index (χ3v) is 6.15. The first-order valence-corrected chi connectivity index (χ1v) is 9.78. The zero-order valence-electron chi connectivity index (χ0n) is 14.8. The molecule has 6 heteroatoms. The molecule has 0 amide bonds. The van der Waals surface area contributed by atoms with E-state index in [9.17, 15) is 13.2 Å². The Balaban J connectivity index is 1.95. The lowest BCUT2D eigenvalue weighted by Gasteiger charge is -2.24. The van der Waals surface area contributed by atoms with E-state index in [1.807, 2.05) is 25.1 Å². The van der Waals surface area contributed by atoms with Crippen molar-refractivity contribution in [1.29, 1.82) is 0 Å². The van der Waals surface area contributed by atoms with Crippen molar-refractivity contribution in [3.63, 3.8) is 0 Å². The van der Waals surface area contributed by atoms with E-state index in [0.29, 0.717) is 17.7 Å². The molecule has 2 aromatic carbocycles. The predicted molar refractivity (Wildman–Crippen MR) is 101 cm³/mol. The van der Waals surface area contributed by atoms with Crippen LogP contribution in [0.2, 0.25) is 0 Å². The van der Waals surface area contributed by atoms with Gasteiger partial charge in [-0.1, -0.05) is 30.8 Å². The molecule has 1 unspecified atom stereocenters. The maximum atomic E-state index is 13.2. The van der Waals surface area contributed by atoms with Gasteiger partial charge < -0.3 is 4.74 Å². The number of benzene rings is 2. The first-order chi connectivity index (χ1) is 12.3. The Morgan fingerprint density at radius 2 is 1.96 bits per heavy atom. The molecule has 0 bridgehead atoms. The molecule has 0 N–H and O–H groups in total. The summed E-state index contributed by atoms with van der Waals surface area (Å²) in [5.74, 6) is -0.570. The van der Waals surface area contributed by atoms with Gasteiger partial charge in [0.15, 0.2) is 0 Å². The van der Waals surface area contributed by atoms with Gasteiger partial charge in [-0.2, -0.15) is 0 Å². The highest BCUT2D eigenvalue weighted by Crippen LogP contribution is 2.36. The molecule has 0 radical (unpaired) electrons. The highest BCUT2D eigenvalue weighted by Gasteiger charge is 2.36. The Bertz CT molecular complexity index is 965. The van der Waals surface area contributed by atoms with Crippen LogP contribution in [0.4, 0.5) is 5.69 Å². The summed E-state index contributed by atoms with van der Waals surface area (Å²) in [6, 6.07) is 13.2. The van der Waals surface area contributed by atoms with Gasteiger partial charge in [0.2, 0.25) is 0 Å². The molecule has 1 atom stereocenters. The van der Waals surface area contributed by atoms with Crippen molar-refractivity contribution in [1.82, 2.24) is 0 Å². The van der Waals surface area contributed by atoms with Crippen molar-refractivity contribution in [3.05, 3.63) is 71.8 Å². The van der Waals surface area contributed by atoms with Crippen molar-refractivity contribution in [2.24, 2.45) is 0 Å². The maximum absolute atomic E-state index is 13.2. The van der Waals surface area contributed by atoms with Crippen molar-refractivity contribution in [2.45, 2.75) is 31.2 Å². The number of sulfonamides is 1. The molecule has 1 aliphatic heterocycles. The quantitative estimate of drug-likeness (QED) is 0.595. The van der Waals surface area contributed by atoms with Crippen molar-refractivity contribution < 1.29 is 17.9 Å². The lowest BCUT2D eigenvalue weighted by atomic mass is 10.1. The lowest BCUT2D eigenvalue weighted by Crippen LogP contribution is -2.35. The van der Waals surface area contributed by atoms with Gasteiger partial charge in [0.05, 0.1) is 16.1 Å². The SMILES string of the molecule is C=C(C)COC(=O)c1cccc(S(=O)(=O)N2c3ccccc3CC2C)c1. The fourth-order valence-corrected chi connectivity index (χ4v) is 4.81. The summed E-state index contributed by atoms with van der Waals surface area (Å²) in [6.45, 7) is 7.41. The smallest absolute Gasteiger partial charge is 0.338 e. The normalized spacial score (nSPS) is 16.2. The van der Waals surface area contributed by atoms with Crippen LogP contribution in [0.25, 0.3) is 0 Å². The van der Waals surface area contributed by atoms with E-state index in [4.69, 9.17) is 4.74 Å². The number of ether oxygens (including phenoxy) is 1. The van der Waals surface area contributed by atoms with Crippen LogP contribution < -0.4 is 4.31 Å². The standard InChI is InChI=1S/C20H21NO4S/c1-14(2)13-25-20(22)17-8-6-9-18(12-17)26(23,24)21-15(3)11-16-7-4-5-10-19(16)21/h4-10,12,15H,1,11,13H2,2-3H3. The number of carbonyl (C=O) groups excluding carboxylic acids is 1. The summed E-state index contributed by atoms with van der Waals surface area (Å²) in [7, 11) is -3.78. The van der Waals surface area contributed by atoms with Crippen LogP contribution in [0, 0.1) is 0 Å². The molecule has 0 aliphatic carbocycles. The Labute approximate surface area is 154 Å². The summed E-state index contributed by atoms with van der Waals surface area (Å²) >= 11 is 0. The average Bonchev–Trinajstić information content (AvgIpc) is 2.96. The first-order valence-electron chi connectivity index (χ1n) is 8.34. The number of hydrogen-bond donors (Lipinski definition) is 0. The van der Waals surface area contributed by atoms with E-state index in [1.54, 1.807) is 25.1 Å². The zero-order valence-corrected chi connectivity index (χ0v) is 15.6. The van der Waals surface area contributed by atoms with Gasteiger partial charge in [0.1, 0.15) is 6.61 Å². The summed E-state index contributed by atoms with van der Waals surface area (Å²) in [4.78, 5) is 12.2. The third kappa shape index (κ3) is 3.37. The van der Waals surface area contributed by atoms with Crippen LogP contribution in [0.5, 0.6) is 0 Å². The number of carbonyl (C=O) groups is 1. The summed E-state index contributed by atoms with van der Waals surface area (Å²) < 4.78 is 33.0. The molecule has 26 heavy (non-hydrogen) atoms. The fourth-order valence-electron chi connectivity index (χ4n) is 3.07. The monoisotopic (exact) mass is 371 g/mol.